The van der Waals surface area contributed by atoms with Crippen molar-refractivity contribution in [2.45, 2.75) is 6.92 Å². The highest BCUT2D eigenvalue weighted by Gasteiger charge is 2.08. The van der Waals surface area contributed by atoms with Gasteiger partial charge in [-0.15, -0.1) is 0 Å². The molecule has 1 heterocycles. The van der Waals surface area contributed by atoms with Crippen LogP contribution in [0.3, 0.4) is 0 Å². The third kappa shape index (κ3) is 1.39. The lowest BCUT2D eigenvalue weighted by Crippen LogP contribution is -2.35. The molecule has 12 heavy (non-hydrogen) atoms. The van der Waals surface area contributed by atoms with Gasteiger partial charge in [0.2, 0.25) is 5.82 Å². The summed E-state index contributed by atoms with van der Waals surface area (Å²) in [5.74, 6) is 0.677. The van der Waals surface area contributed by atoms with Crippen LogP contribution in [0, 0.1) is 12.1 Å². The topological polar surface area (TPSA) is 69.1 Å². The Morgan fingerprint density at radius 2 is 2.17 bits per heavy atom. The average Bonchev–Trinajstić information content (AvgIpc) is 1.99. The Kier molecular flexibility index (Phi) is 2.03. The molecule has 0 atom stereocenters. The van der Waals surface area contributed by atoms with Crippen LogP contribution in [0.15, 0.2) is 6.07 Å². The summed E-state index contributed by atoms with van der Waals surface area (Å²) >= 11 is 0. The second-order valence-electron chi connectivity index (χ2n) is 2.80. The van der Waals surface area contributed by atoms with Gasteiger partial charge in [-0.25, -0.2) is 4.73 Å². The maximum Gasteiger partial charge on any atom is 0.392 e. The van der Waals surface area contributed by atoms with Crippen molar-refractivity contribution < 1.29 is 4.73 Å². The normalized spacial score (nSPS) is 9.92. The molecule has 1 rings (SSSR count). The van der Waals surface area contributed by atoms with Crippen molar-refractivity contribution in [2.75, 3.05) is 24.7 Å². The standard InChI is InChI=1S/C7H12N4O/c1-5-4-6(10(2)3)9-7(8)11(5)12/h4H,1-3H3,(H2,8,9). The summed E-state index contributed by atoms with van der Waals surface area (Å²) in [4.78, 5) is 5.68. The van der Waals surface area contributed by atoms with Gasteiger partial charge < -0.3 is 10.1 Å². The highest BCUT2D eigenvalue weighted by molar-refractivity contribution is 5.38. The number of aromatic nitrogens is 2. The molecule has 0 saturated heterocycles. The summed E-state index contributed by atoms with van der Waals surface area (Å²) in [7, 11) is 3.69. The van der Waals surface area contributed by atoms with Gasteiger partial charge in [-0.2, -0.15) is 0 Å². The number of aryl methyl sites for hydroxylation is 1. The summed E-state index contributed by atoms with van der Waals surface area (Å²) in [5, 5.41) is 11.1. The summed E-state index contributed by atoms with van der Waals surface area (Å²) in [6.45, 7) is 1.69. The molecular formula is C7H12N4O. The Hall–Kier alpha value is -1.52. The van der Waals surface area contributed by atoms with E-state index in [0.717, 1.165) is 0 Å². The first kappa shape index (κ1) is 8.58. The molecule has 2 N–H and O–H groups in total. The molecule has 5 heteroatoms. The number of rotatable bonds is 1. The molecule has 0 aromatic carbocycles. The van der Waals surface area contributed by atoms with E-state index < -0.39 is 0 Å². The summed E-state index contributed by atoms with van der Waals surface area (Å²) < 4.78 is 0.604. The van der Waals surface area contributed by atoms with Gasteiger partial charge in [0.25, 0.3) is 0 Å². The van der Waals surface area contributed by atoms with Crippen LogP contribution < -0.4 is 15.4 Å². The van der Waals surface area contributed by atoms with Crippen LogP contribution in [0.25, 0.3) is 0 Å². The molecule has 1 aromatic rings. The van der Waals surface area contributed by atoms with Crippen molar-refractivity contribution >= 4 is 11.8 Å². The van der Waals surface area contributed by atoms with E-state index >= 15 is 0 Å². The van der Waals surface area contributed by atoms with Crippen LogP contribution in [-0.2, 0) is 0 Å². The second kappa shape index (κ2) is 2.84. The maximum atomic E-state index is 11.1. The Morgan fingerprint density at radius 3 is 2.58 bits per heavy atom. The zero-order valence-corrected chi connectivity index (χ0v) is 7.40. The lowest BCUT2D eigenvalue weighted by Gasteiger charge is -2.13. The van der Waals surface area contributed by atoms with Gasteiger partial charge in [-0.1, -0.05) is 4.98 Å². The molecule has 5 nitrogen and oxygen atoms in total. The summed E-state index contributed by atoms with van der Waals surface area (Å²) in [6.07, 6.45) is 0. The molecule has 66 valence electrons. The SMILES string of the molecule is Cc1cc(N(C)C)nc(N)[n+]1[O-]. The van der Waals surface area contributed by atoms with Crippen molar-refractivity contribution in [2.24, 2.45) is 0 Å². The molecule has 0 unspecified atom stereocenters. The summed E-state index contributed by atoms with van der Waals surface area (Å²) in [6, 6.07) is 1.68. The number of hydrogen-bond donors (Lipinski definition) is 1. The van der Waals surface area contributed by atoms with Gasteiger partial charge >= 0.3 is 5.95 Å². The van der Waals surface area contributed by atoms with Crippen LogP contribution in [0.5, 0.6) is 0 Å². The van der Waals surface area contributed by atoms with Gasteiger partial charge in [0.15, 0.2) is 0 Å². The van der Waals surface area contributed by atoms with Crippen molar-refractivity contribution in [1.29, 1.82) is 0 Å². The number of nitrogens with zero attached hydrogens (tertiary/aromatic N) is 3. The minimum atomic E-state index is -0.0151. The van der Waals surface area contributed by atoms with Crippen molar-refractivity contribution in [3.05, 3.63) is 17.0 Å². The first-order chi connectivity index (χ1) is 5.52. The third-order valence-corrected chi connectivity index (χ3v) is 1.55. The molecule has 0 spiro atoms. The van der Waals surface area contributed by atoms with E-state index in [-0.39, 0.29) is 5.95 Å². The molecule has 0 aliphatic carbocycles. The molecule has 0 aliphatic heterocycles. The van der Waals surface area contributed by atoms with E-state index in [1.54, 1.807) is 17.9 Å². The number of nitrogen functional groups attached to an aromatic ring is 1. The zero-order valence-electron chi connectivity index (χ0n) is 7.40. The molecule has 0 aliphatic rings. The van der Waals surface area contributed by atoms with Crippen LogP contribution in [0.4, 0.5) is 11.8 Å². The van der Waals surface area contributed by atoms with Gasteiger partial charge in [0.1, 0.15) is 0 Å². The van der Waals surface area contributed by atoms with Crippen molar-refractivity contribution in [3.8, 4) is 0 Å². The quantitative estimate of drug-likeness (QED) is 0.460. The first-order valence-electron chi connectivity index (χ1n) is 3.56. The summed E-state index contributed by atoms with van der Waals surface area (Å²) in [5.41, 5.74) is 5.92. The van der Waals surface area contributed by atoms with E-state index in [1.807, 2.05) is 14.1 Å². The number of nitrogens with two attached hydrogens (primary N) is 1. The fourth-order valence-electron chi connectivity index (χ4n) is 0.850. The fraction of sp³-hybridized carbons (Fsp3) is 0.429. The number of hydrogen-bond acceptors (Lipinski definition) is 4. The highest BCUT2D eigenvalue weighted by atomic mass is 16.5. The Bertz CT molecular complexity index is 274. The van der Waals surface area contributed by atoms with Crippen LogP contribution >= 0.6 is 0 Å². The lowest BCUT2D eigenvalue weighted by molar-refractivity contribution is -0.599. The van der Waals surface area contributed by atoms with Crippen LogP contribution in [0.2, 0.25) is 0 Å². The molecule has 0 radical (unpaired) electrons. The smallest absolute Gasteiger partial charge is 0.392 e. The molecule has 0 bridgehead atoms. The fourth-order valence-corrected chi connectivity index (χ4v) is 0.850. The Morgan fingerprint density at radius 1 is 1.58 bits per heavy atom. The van der Waals surface area contributed by atoms with Gasteiger partial charge in [0.05, 0.1) is 5.69 Å². The molecule has 0 amide bonds. The van der Waals surface area contributed by atoms with Gasteiger partial charge in [-0.3, -0.25) is 5.73 Å². The predicted molar refractivity (Wildman–Crippen MR) is 46.7 cm³/mol. The highest BCUT2D eigenvalue weighted by Crippen LogP contribution is 2.07. The van der Waals surface area contributed by atoms with E-state index in [1.165, 1.54) is 0 Å². The molecule has 0 fully saturated rings. The van der Waals surface area contributed by atoms with Gasteiger partial charge in [0, 0.05) is 20.2 Å². The maximum absolute atomic E-state index is 11.1. The lowest BCUT2D eigenvalue weighted by atomic mass is 10.4. The monoisotopic (exact) mass is 168 g/mol. The van der Waals surface area contributed by atoms with Crippen LogP contribution in [-0.4, -0.2) is 19.1 Å². The zero-order chi connectivity index (χ0) is 9.30. The van der Waals surface area contributed by atoms with Crippen LogP contribution in [0.1, 0.15) is 5.69 Å². The minimum absolute atomic E-state index is 0.0151. The molecule has 0 saturated carbocycles. The van der Waals surface area contributed by atoms with E-state index in [9.17, 15) is 5.21 Å². The minimum Gasteiger partial charge on any atom is -0.740 e. The number of anilines is 2. The third-order valence-electron chi connectivity index (χ3n) is 1.55. The predicted octanol–water partition coefficient (Wildman–Crippen LogP) is -0.328. The second-order valence-corrected chi connectivity index (χ2v) is 2.80. The van der Waals surface area contributed by atoms with Crippen molar-refractivity contribution in [1.82, 2.24) is 4.98 Å². The largest absolute Gasteiger partial charge is 0.740 e. The Labute approximate surface area is 71.0 Å². The average molecular weight is 168 g/mol. The van der Waals surface area contributed by atoms with E-state index in [0.29, 0.717) is 16.2 Å². The Balaban J connectivity index is 3.21. The van der Waals surface area contributed by atoms with E-state index in [2.05, 4.69) is 4.98 Å². The van der Waals surface area contributed by atoms with E-state index in [4.69, 9.17) is 5.73 Å². The van der Waals surface area contributed by atoms with Crippen molar-refractivity contribution in [3.63, 3.8) is 0 Å². The molecular weight excluding hydrogens is 156 g/mol. The first-order valence-corrected chi connectivity index (χ1v) is 3.56. The van der Waals surface area contributed by atoms with Gasteiger partial charge in [-0.05, 0) is 6.92 Å². The molecule has 1 aromatic heterocycles.